The molecule has 0 fully saturated rings. The minimum Gasteiger partial charge on any atom is -0.508 e. The van der Waals surface area contributed by atoms with Crippen molar-refractivity contribution in [3.05, 3.63) is 59.7 Å². The summed E-state index contributed by atoms with van der Waals surface area (Å²) in [4.78, 5) is 23.8. The first-order chi connectivity index (χ1) is 26.4. The molecule has 0 saturated carbocycles. The van der Waals surface area contributed by atoms with Crippen LogP contribution in [0.3, 0.4) is 0 Å². The molecule has 0 bridgehead atoms. The van der Waals surface area contributed by atoms with Gasteiger partial charge < -0.3 is 57.4 Å². The largest absolute Gasteiger partial charge is 0.508 e. The highest BCUT2D eigenvalue weighted by atomic mass is 28.4. The molecule has 0 amide bonds. The van der Waals surface area contributed by atoms with Gasteiger partial charge in [-0.25, -0.2) is 9.59 Å². The Morgan fingerprint density at radius 3 is 1.40 bits per heavy atom. The SMILES string of the molecule is CCCCCCCCC(CCCC(O)COC(=O)c1ccc(O)cc1)C(OC)(OC)OC.CO[Si](CCCC(O)COC(=O)c1ccc(O)cc1)(OC)OC. The number of aliphatic hydroxyl groups excluding tert-OH is 2. The Balaban J connectivity index is 0.000000580. The van der Waals surface area contributed by atoms with E-state index in [0.29, 0.717) is 36.4 Å². The molecule has 0 radical (unpaired) electrons. The van der Waals surface area contributed by atoms with Gasteiger partial charge in [0.2, 0.25) is 0 Å². The summed E-state index contributed by atoms with van der Waals surface area (Å²) < 4.78 is 42.9. The Labute approximate surface area is 328 Å². The number of methoxy groups -OCH3 is 3. The molecule has 4 N–H and O–H groups in total. The summed E-state index contributed by atoms with van der Waals surface area (Å²) in [5.74, 6) is -1.99. The highest BCUT2D eigenvalue weighted by Gasteiger charge is 2.39. The van der Waals surface area contributed by atoms with Crippen molar-refractivity contribution in [1.29, 1.82) is 0 Å². The van der Waals surface area contributed by atoms with Crippen molar-refractivity contribution in [3.8, 4) is 11.5 Å². The molecule has 0 heterocycles. The lowest BCUT2D eigenvalue weighted by Crippen LogP contribution is -2.44. The molecule has 15 heteroatoms. The maximum absolute atomic E-state index is 12.0. The Kier molecular flexibility index (Phi) is 25.7. The second kappa shape index (κ2) is 28.3. The Hall–Kier alpha value is -3.12. The molecular formula is C40H66O14Si. The third-order valence-corrected chi connectivity index (χ3v) is 12.2. The zero-order valence-electron chi connectivity index (χ0n) is 33.8. The van der Waals surface area contributed by atoms with Crippen LogP contribution < -0.4 is 0 Å². The topological polar surface area (TPSA) is 189 Å². The van der Waals surface area contributed by atoms with Gasteiger partial charge in [0.1, 0.15) is 24.7 Å². The monoisotopic (exact) mass is 798 g/mol. The molecule has 3 atom stereocenters. The summed E-state index contributed by atoms with van der Waals surface area (Å²) in [6, 6.07) is 12.1. The van der Waals surface area contributed by atoms with Gasteiger partial charge in [0, 0.05) is 54.6 Å². The molecule has 0 saturated heterocycles. The van der Waals surface area contributed by atoms with Crippen LogP contribution in [0.5, 0.6) is 11.5 Å². The van der Waals surface area contributed by atoms with Crippen molar-refractivity contribution in [2.24, 2.45) is 5.92 Å². The first-order valence-electron chi connectivity index (χ1n) is 19.0. The van der Waals surface area contributed by atoms with E-state index in [4.69, 9.17) is 42.1 Å². The van der Waals surface area contributed by atoms with Crippen LogP contribution in [0, 0.1) is 5.92 Å². The molecule has 314 valence electrons. The number of ether oxygens (including phenoxy) is 5. The molecule has 14 nitrogen and oxygen atoms in total. The molecule has 2 rings (SSSR count). The van der Waals surface area contributed by atoms with Crippen LogP contribution in [-0.4, -0.2) is 115 Å². The van der Waals surface area contributed by atoms with Crippen molar-refractivity contribution >= 4 is 20.7 Å². The molecule has 0 aromatic heterocycles. The Morgan fingerprint density at radius 2 is 0.982 bits per heavy atom. The van der Waals surface area contributed by atoms with E-state index in [9.17, 15) is 24.9 Å². The number of hydrogen-bond acceptors (Lipinski definition) is 14. The van der Waals surface area contributed by atoms with Crippen LogP contribution in [0.25, 0.3) is 0 Å². The van der Waals surface area contributed by atoms with Gasteiger partial charge in [0.15, 0.2) is 0 Å². The zero-order chi connectivity index (χ0) is 41.1. The first-order valence-corrected chi connectivity index (χ1v) is 20.9. The lowest BCUT2D eigenvalue weighted by atomic mass is 9.91. The average molecular weight is 799 g/mol. The number of phenolic OH excluding ortho intramolecular Hbond substituents is 2. The van der Waals surface area contributed by atoms with Gasteiger partial charge in [-0.3, -0.25) is 0 Å². The third-order valence-electron chi connectivity index (χ3n) is 9.32. The molecule has 0 aliphatic carbocycles. The fourth-order valence-corrected chi connectivity index (χ4v) is 7.75. The van der Waals surface area contributed by atoms with Gasteiger partial charge in [-0.05, 0) is 80.6 Å². The number of carbonyl (C=O) groups is 2. The van der Waals surface area contributed by atoms with E-state index < -0.39 is 38.9 Å². The summed E-state index contributed by atoms with van der Waals surface area (Å²) >= 11 is 0. The van der Waals surface area contributed by atoms with Crippen molar-refractivity contribution < 1.29 is 67.0 Å². The number of hydrogen-bond donors (Lipinski definition) is 4. The summed E-state index contributed by atoms with van der Waals surface area (Å²) in [7, 11) is 6.73. The van der Waals surface area contributed by atoms with Gasteiger partial charge in [-0.1, -0.05) is 51.9 Å². The minimum atomic E-state index is -2.63. The molecule has 0 spiro atoms. The zero-order valence-corrected chi connectivity index (χ0v) is 34.8. The number of carbonyl (C=O) groups excluding carboxylic acids is 2. The van der Waals surface area contributed by atoms with E-state index in [1.807, 2.05) is 0 Å². The highest BCUT2D eigenvalue weighted by molar-refractivity contribution is 6.60. The molecule has 55 heavy (non-hydrogen) atoms. The number of aromatic hydroxyl groups is 2. The van der Waals surface area contributed by atoms with Gasteiger partial charge in [-0.2, -0.15) is 0 Å². The average Bonchev–Trinajstić information content (AvgIpc) is 3.20. The molecule has 0 aliphatic rings. The maximum Gasteiger partial charge on any atom is 0.500 e. The predicted molar refractivity (Wildman–Crippen MR) is 209 cm³/mol. The number of phenols is 2. The van der Waals surface area contributed by atoms with Crippen molar-refractivity contribution in [2.75, 3.05) is 55.9 Å². The van der Waals surface area contributed by atoms with E-state index in [1.165, 1.54) is 102 Å². The molecule has 2 aromatic carbocycles. The standard InChI is InChI=1S/C25H42O7.C15H24O7Si/c1-5-6-7-8-9-10-12-21(25(29-2,30-3)31-4)13-11-14-23(27)19-32-24(28)20-15-17-22(26)18-16-20;1-19-23(20-2,21-3)10-4-5-14(17)11-22-15(18)12-6-8-13(16)9-7-12/h15-18,21,23,26-27H,5-14,19H2,1-4H3;6-9,14,16-17H,4-5,10-11H2,1-3H3. The number of unbranched alkanes of at least 4 members (excludes halogenated alkanes) is 5. The normalized spacial score (nSPS) is 13.3. The third kappa shape index (κ3) is 19.0. The summed E-state index contributed by atoms with van der Waals surface area (Å²) in [5.41, 5.74) is 0.652. The smallest absolute Gasteiger partial charge is 0.500 e. The van der Waals surface area contributed by atoms with E-state index in [-0.39, 0.29) is 30.6 Å². The van der Waals surface area contributed by atoms with E-state index >= 15 is 0 Å². The number of esters is 2. The number of rotatable bonds is 28. The second-order valence-corrected chi connectivity index (χ2v) is 16.3. The van der Waals surface area contributed by atoms with Crippen LogP contribution in [0.4, 0.5) is 0 Å². The first kappa shape index (κ1) is 49.9. The fraction of sp³-hybridized carbons (Fsp3) is 0.650. The van der Waals surface area contributed by atoms with Crippen LogP contribution in [0.15, 0.2) is 48.5 Å². The van der Waals surface area contributed by atoms with Gasteiger partial charge >= 0.3 is 20.7 Å². The summed E-state index contributed by atoms with van der Waals surface area (Å²) in [6.45, 7) is 2.04. The molecule has 2 aromatic rings. The van der Waals surface area contributed by atoms with E-state index in [1.54, 1.807) is 21.3 Å². The van der Waals surface area contributed by atoms with Gasteiger partial charge in [0.25, 0.3) is 5.97 Å². The number of aliphatic hydroxyl groups is 2. The van der Waals surface area contributed by atoms with Gasteiger partial charge in [0.05, 0.1) is 23.3 Å². The second-order valence-electron chi connectivity index (χ2n) is 13.2. The van der Waals surface area contributed by atoms with Crippen LogP contribution in [-0.2, 0) is 37.0 Å². The minimum absolute atomic E-state index is 0.0282. The Morgan fingerprint density at radius 1 is 0.582 bits per heavy atom. The summed E-state index contributed by atoms with van der Waals surface area (Å²) in [5, 5.41) is 38.6. The lowest BCUT2D eigenvalue weighted by Gasteiger charge is -2.36. The van der Waals surface area contributed by atoms with Crippen molar-refractivity contribution in [3.63, 3.8) is 0 Å². The van der Waals surface area contributed by atoms with E-state index in [2.05, 4.69) is 6.92 Å². The van der Waals surface area contributed by atoms with Crippen LogP contribution in [0.1, 0.15) is 105 Å². The van der Waals surface area contributed by atoms with E-state index in [0.717, 1.165) is 25.7 Å². The molecule has 0 aliphatic heterocycles. The van der Waals surface area contributed by atoms with Crippen molar-refractivity contribution in [2.45, 2.75) is 108 Å². The Bertz CT molecular complexity index is 1270. The molecule has 3 unspecified atom stereocenters. The highest BCUT2D eigenvalue weighted by Crippen LogP contribution is 2.33. The quantitative estimate of drug-likeness (QED) is 0.0312. The maximum atomic E-state index is 12.0. The van der Waals surface area contributed by atoms with Crippen molar-refractivity contribution in [1.82, 2.24) is 0 Å². The fourth-order valence-electron chi connectivity index (χ4n) is 6.00. The number of benzene rings is 2. The lowest BCUT2D eigenvalue weighted by molar-refractivity contribution is -0.380. The van der Waals surface area contributed by atoms with Crippen LogP contribution >= 0.6 is 0 Å². The van der Waals surface area contributed by atoms with Crippen LogP contribution in [0.2, 0.25) is 6.04 Å². The van der Waals surface area contributed by atoms with Gasteiger partial charge in [-0.15, -0.1) is 0 Å². The summed E-state index contributed by atoms with van der Waals surface area (Å²) in [6.07, 6.45) is 9.64. The molecular weight excluding hydrogens is 733 g/mol. The predicted octanol–water partition coefficient (Wildman–Crippen LogP) is 6.61.